The zero-order chi connectivity index (χ0) is 15.9. The molecule has 20 heavy (non-hydrogen) atoms. The molecule has 0 aliphatic rings. The van der Waals surface area contributed by atoms with Crippen LogP contribution in [0.2, 0.25) is 0 Å². The fraction of sp³-hybridized carbons (Fsp3) is 0.857. The van der Waals surface area contributed by atoms with Gasteiger partial charge in [0.2, 0.25) is 5.91 Å². The van der Waals surface area contributed by atoms with Crippen molar-refractivity contribution in [2.75, 3.05) is 12.4 Å². The van der Waals surface area contributed by atoms with Crippen molar-refractivity contribution in [2.45, 2.75) is 58.5 Å². The zero-order valence-electron chi connectivity index (χ0n) is 12.8. The van der Waals surface area contributed by atoms with Gasteiger partial charge in [-0.1, -0.05) is 6.92 Å². The summed E-state index contributed by atoms with van der Waals surface area (Å²) >= 11 is 4.08. The summed E-state index contributed by atoms with van der Waals surface area (Å²) in [6.07, 6.45) is 1.16. The van der Waals surface area contributed by atoms with E-state index in [0.29, 0.717) is 12.2 Å². The van der Waals surface area contributed by atoms with E-state index in [1.165, 1.54) is 4.90 Å². The van der Waals surface area contributed by atoms with Gasteiger partial charge in [0.15, 0.2) is 0 Å². The van der Waals surface area contributed by atoms with Crippen LogP contribution in [0.15, 0.2) is 0 Å². The number of carboxylic acid groups (broad SMARTS) is 1. The van der Waals surface area contributed by atoms with Crippen molar-refractivity contribution in [1.82, 2.24) is 4.90 Å². The van der Waals surface area contributed by atoms with Gasteiger partial charge >= 0.3 is 5.97 Å². The Morgan fingerprint density at radius 1 is 1.30 bits per heavy atom. The third kappa shape index (κ3) is 6.13. The number of thiol groups is 1. The highest BCUT2D eigenvalue weighted by Gasteiger charge is 2.37. The molecule has 0 saturated heterocycles. The van der Waals surface area contributed by atoms with Gasteiger partial charge in [0.05, 0.1) is 0 Å². The Morgan fingerprint density at radius 2 is 1.85 bits per heavy atom. The molecular formula is C14H27NO4S. The van der Waals surface area contributed by atoms with Crippen LogP contribution >= 0.6 is 12.6 Å². The monoisotopic (exact) mass is 305 g/mol. The van der Waals surface area contributed by atoms with Crippen molar-refractivity contribution in [3.8, 4) is 0 Å². The first-order valence-corrected chi connectivity index (χ1v) is 7.55. The number of nitrogens with zero attached hydrogens (tertiary/aromatic N) is 1. The molecule has 6 heteroatoms. The van der Waals surface area contributed by atoms with Crippen molar-refractivity contribution in [3.05, 3.63) is 0 Å². The average Bonchev–Trinajstić information content (AvgIpc) is 2.33. The van der Waals surface area contributed by atoms with Crippen molar-refractivity contribution in [3.63, 3.8) is 0 Å². The predicted molar refractivity (Wildman–Crippen MR) is 82.0 cm³/mol. The summed E-state index contributed by atoms with van der Waals surface area (Å²) in [4.78, 5) is 25.3. The van der Waals surface area contributed by atoms with Crippen LogP contribution in [-0.4, -0.2) is 50.9 Å². The van der Waals surface area contributed by atoms with Crippen LogP contribution in [0.3, 0.4) is 0 Å². The summed E-state index contributed by atoms with van der Waals surface area (Å²) in [6.45, 7) is 7.16. The van der Waals surface area contributed by atoms with Crippen molar-refractivity contribution < 1.29 is 19.8 Å². The Kier molecular flexibility index (Phi) is 8.20. The highest BCUT2D eigenvalue weighted by atomic mass is 32.1. The number of aliphatic hydroxyl groups excluding tert-OH is 1. The number of carbonyl (C=O) groups excluding carboxylic acids is 1. The molecule has 0 radical (unpaired) electrons. The smallest absolute Gasteiger partial charge is 0.326 e. The molecular weight excluding hydrogens is 278 g/mol. The molecule has 0 saturated carbocycles. The predicted octanol–water partition coefficient (Wildman–Crippen LogP) is 1.80. The third-order valence-corrected chi connectivity index (χ3v) is 3.39. The number of hydrogen-bond donors (Lipinski definition) is 3. The first kappa shape index (κ1) is 19.2. The van der Waals surface area contributed by atoms with Crippen molar-refractivity contribution in [2.24, 2.45) is 5.92 Å². The summed E-state index contributed by atoms with van der Waals surface area (Å²) in [5.74, 6) is -0.781. The molecule has 2 atom stereocenters. The fourth-order valence-electron chi connectivity index (χ4n) is 2.14. The normalized spacial score (nSPS) is 14.7. The second-order valence-corrected chi connectivity index (χ2v) is 6.59. The topological polar surface area (TPSA) is 77.8 Å². The van der Waals surface area contributed by atoms with Gasteiger partial charge in [0.25, 0.3) is 0 Å². The number of hydrogen-bond acceptors (Lipinski definition) is 4. The van der Waals surface area contributed by atoms with Gasteiger partial charge < -0.3 is 15.1 Å². The molecule has 0 aliphatic carbocycles. The summed E-state index contributed by atoms with van der Waals surface area (Å²) in [7, 11) is 0. The lowest BCUT2D eigenvalue weighted by Gasteiger charge is -2.40. The van der Waals surface area contributed by atoms with Crippen LogP contribution in [0.5, 0.6) is 0 Å². The van der Waals surface area contributed by atoms with Gasteiger partial charge in [-0.2, -0.15) is 12.6 Å². The van der Waals surface area contributed by atoms with E-state index in [9.17, 15) is 14.7 Å². The Hall–Kier alpha value is -0.750. The molecule has 0 spiro atoms. The minimum absolute atomic E-state index is 0.0907. The molecule has 1 amide bonds. The van der Waals surface area contributed by atoms with E-state index < -0.39 is 17.6 Å². The molecule has 0 bridgehead atoms. The number of aliphatic carboxylic acids is 1. The standard InChI is InChI=1S/C14H27NO4S/c1-10(9-16)8-11(13(18)19)15(14(2,3)4)12(17)6-5-7-20/h10-11,16,20H,5-9H2,1-4H3,(H,18,19)/t10?,11-/m0/s1. The maximum absolute atomic E-state index is 12.3. The quantitative estimate of drug-likeness (QED) is 0.598. The van der Waals surface area contributed by atoms with Crippen LogP contribution < -0.4 is 0 Å². The Bertz CT molecular complexity index is 328. The lowest BCUT2D eigenvalue weighted by molar-refractivity contribution is -0.156. The van der Waals surface area contributed by atoms with Crippen LogP contribution in [-0.2, 0) is 9.59 Å². The largest absolute Gasteiger partial charge is 0.480 e. The van der Waals surface area contributed by atoms with E-state index in [-0.39, 0.29) is 31.3 Å². The van der Waals surface area contributed by atoms with Crippen LogP contribution in [0, 0.1) is 5.92 Å². The van der Waals surface area contributed by atoms with E-state index in [4.69, 9.17) is 5.11 Å². The Labute approximate surface area is 126 Å². The molecule has 5 nitrogen and oxygen atoms in total. The lowest BCUT2D eigenvalue weighted by Crippen LogP contribution is -2.55. The molecule has 2 N–H and O–H groups in total. The van der Waals surface area contributed by atoms with Gasteiger partial charge in [0, 0.05) is 18.6 Å². The average molecular weight is 305 g/mol. The lowest BCUT2D eigenvalue weighted by atomic mass is 9.95. The summed E-state index contributed by atoms with van der Waals surface area (Å²) in [5, 5.41) is 18.6. The van der Waals surface area contributed by atoms with E-state index in [2.05, 4.69) is 12.6 Å². The van der Waals surface area contributed by atoms with Gasteiger partial charge in [-0.05, 0) is 45.3 Å². The molecule has 0 aromatic rings. The number of rotatable bonds is 8. The molecule has 0 aromatic carbocycles. The molecule has 0 aliphatic heterocycles. The van der Waals surface area contributed by atoms with Crippen LogP contribution in [0.25, 0.3) is 0 Å². The molecule has 0 heterocycles. The highest BCUT2D eigenvalue weighted by molar-refractivity contribution is 7.80. The maximum atomic E-state index is 12.3. The SMILES string of the molecule is CC(CO)C[C@@H](C(=O)O)N(C(=O)CCCS)C(C)(C)C. The van der Waals surface area contributed by atoms with E-state index in [1.54, 1.807) is 6.92 Å². The molecule has 0 fully saturated rings. The second-order valence-electron chi connectivity index (χ2n) is 6.14. The molecule has 0 rings (SSSR count). The minimum atomic E-state index is -1.03. The fourth-order valence-corrected chi connectivity index (χ4v) is 2.30. The van der Waals surface area contributed by atoms with Crippen molar-refractivity contribution >= 4 is 24.5 Å². The minimum Gasteiger partial charge on any atom is -0.480 e. The third-order valence-electron chi connectivity index (χ3n) is 3.07. The van der Waals surface area contributed by atoms with Crippen LogP contribution in [0.4, 0.5) is 0 Å². The number of amides is 1. The van der Waals surface area contributed by atoms with Crippen molar-refractivity contribution in [1.29, 1.82) is 0 Å². The maximum Gasteiger partial charge on any atom is 0.326 e. The zero-order valence-corrected chi connectivity index (χ0v) is 13.7. The first-order chi connectivity index (χ1) is 9.15. The van der Waals surface area contributed by atoms with Gasteiger partial charge in [-0.15, -0.1) is 0 Å². The van der Waals surface area contributed by atoms with E-state index in [1.807, 2.05) is 20.8 Å². The highest BCUT2D eigenvalue weighted by Crippen LogP contribution is 2.23. The van der Waals surface area contributed by atoms with Gasteiger partial charge in [-0.25, -0.2) is 4.79 Å². The van der Waals surface area contributed by atoms with E-state index in [0.717, 1.165) is 0 Å². The Morgan fingerprint density at radius 3 is 2.20 bits per heavy atom. The number of carboxylic acids is 1. The number of carbonyl (C=O) groups is 2. The van der Waals surface area contributed by atoms with Gasteiger partial charge in [0.1, 0.15) is 6.04 Å². The van der Waals surface area contributed by atoms with Gasteiger partial charge in [-0.3, -0.25) is 4.79 Å². The summed E-state index contributed by atoms with van der Waals surface area (Å²) < 4.78 is 0. The molecule has 0 aromatic heterocycles. The van der Waals surface area contributed by atoms with E-state index >= 15 is 0 Å². The first-order valence-electron chi connectivity index (χ1n) is 6.91. The molecule has 118 valence electrons. The van der Waals surface area contributed by atoms with Crippen LogP contribution in [0.1, 0.15) is 47.0 Å². The summed E-state index contributed by atoms with van der Waals surface area (Å²) in [5.41, 5.74) is -0.577. The summed E-state index contributed by atoms with van der Waals surface area (Å²) in [6, 6.07) is -0.912. The second kappa shape index (κ2) is 8.52. The molecule has 1 unspecified atom stereocenters. The Balaban J connectivity index is 5.23. The number of aliphatic hydroxyl groups is 1.